The van der Waals surface area contributed by atoms with Crippen molar-refractivity contribution in [1.29, 1.82) is 0 Å². The van der Waals surface area contributed by atoms with Crippen molar-refractivity contribution in [3.63, 3.8) is 0 Å². The fourth-order valence-corrected chi connectivity index (χ4v) is 3.88. The van der Waals surface area contributed by atoms with Gasteiger partial charge < -0.3 is 47.4 Å². The van der Waals surface area contributed by atoms with E-state index < -0.39 is 16.0 Å². The molecular weight excluding hydrogens is 640 g/mol. The lowest BCUT2D eigenvalue weighted by Crippen LogP contribution is -2.17. The van der Waals surface area contributed by atoms with Crippen molar-refractivity contribution in [1.82, 2.24) is 0 Å². The molecule has 0 heterocycles. The van der Waals surface area contributed by atoms with E-state index in [9.17, 15) is 25.0 Å². The zero-order chi connectivity index (χ0) is 34.8. The topological polar surface area (TPSA) is 196 Å². The Labute approximate surface area is 278 Å². The van der Waals surface area contributed by atoms with Gasteiger partial charge in [-0.1, -0.05) is 0 Å². The zero-order valence-corrected chi connectivity index (χ0v) is 27.3. The molecule has 2 rings (SSSR count). The lowest BCUT2D eigenvalue weighted by molar-refractivity contribution is -0.385. The van der Waals surface area contributed by atoms with E-state index in [1.54, 1.807) is 14.2 Å². The van der Waals surface area contributed by atoms with E-state index in [1.165, 1.54) is 36.4 Å². The Hall–Kier alpha value is -3.81. The normalized spacial score (nSPS) is 11.0. The van der Waals surface area contributed by atoms with E-state index in [1.807, 2.05) is 0 Å². The number of rotatable bonds is 28. The molecule has 0 aromatic heterocycles. The summed E-state index contributed by atoms with van der Waals surface area (Å²) in [5, 5.41) is 22.7. The van der Waals surface area contributed by atoms with Gasteiger partial charge in [-0.05, 0) is 25.0 Å². The van der Waals surface area contributed by atoms with E-state index in [0.29, 0.717) is 77.2 Å². The van der Waals surface area contributed by atoms with Gasteiger partial charge in [0.2, 0.25) is 0 Å². The summed E-state index contributed by atoms with van der Waals surface area (Å²) in [6.45, 7) is 5.11. The van der Waals surface area contributed by atoms with Gasteiger partial charge in [0.05, 0.1) is 102 Å². The van der Waals surface area contributed by atoms with Gasteiger partial charge in [0.25, 0.3) is 11.4 Å². The first kappa shape index (κ1) is 40.4. The predicted octanol–water partition coefficient (Wildman–Crippen LogP) is 3.56. The van der Waals surface area contributed by atoms with E-state index >= 15 is 0 Å². The number of hydrogen-bond donors (Lipinski definition) is 0. The molecule has 0 aliphatic carbocycles. The summed E-state index contributed by atoms with van der Waals surface area (Å²) < 4.78 is 53.1. The Morgan fingerprint density at radius 1 is 0.521 bits per heavy atom. The van der Waals surface area contributed by atoms with Crippen LogP contribution >= 0.6 is 0 Å². The Bertz CT molecular complexity index is 1140. The summed E-state index contributed by atoms with van der Waals surface area (Å²) >= 11 is 0. The highest BCUT2D eigenvalue weighted by Gasteiger charge is 2.19. The molecular formula is C31H44N2O15. The second kappa shape index (κ2) is 25.2. The van der Waals surface area contributed by atoms with E-state index in [-0.39, 0.29) is 62.1 Å². The van der Waals surface area contributed by atoms with Crippen molar-refractivity contribution in [3.05, 3.63) is 67.8 Å². The summed E-state index contributed by atoms with van der Waals surface area (Å²) in [6.07, 6.45) is -0.756. The summed E-state index contributed by atoms with van der Waals surface area (Å²) in [4.78, 5) is 34.4. The zero-order valence-electron chi connectivity index (χ0n) is 27.3. The molecule has 0 atom stereocenters. The van der Waals surface area contributed by atoms with Gasteiger partial charge in [0, 0.05) is 49.6 Å². The SMILES string of the molecule is COCCOCCOCCOCCc1cc([N+](=O)[O-])ccc1OC(=O)Oc1ccc([N+](=O)[O-])cc1CCOCCOCCOCCOC. The number of carbonyl (C=O) groups is 1. The first-order chi connectivity index (χ1) is 23.3. The number of carbonyl (C=O) groups excluding carboxylic acids is 1. The molecule has 0 aliphatic rings. The summed E-state index contributed by atoms with van der Waals surface area (Å²) in [5.74, 6) is 0.0732. The minimum absolute atomic E-state index is 0.0366. The third-order valence-electron chi connectivity index (χ3n) is 6.28. The Morgan fingerprint density at radius 3 is 1.15 bits per heavy atom. The quantitative estimate of drug-likeness (QED) is 0.0414. The first-order valence-corrected chi connectivity index (χ1v) is 15.2. The van der Waals surface area contributed by atoms with Crippen LogP contribution in [0.1, 0.15) is 11.1 Å². The fraction of sp³-hybridized carbons (Fsp3) is 0.581. The van der Waals surface area contributed by atoms with Crippen molar-refractivity contribution in [2.24, 2.45) is 0 Å². The van der Waals surface area contributed by atoms with Crippen molar-refractivity contribution >= 4 is 17.5 Å². The molecule has 268 valence electrons. The summed E-state index contributed by atoms with van der Waals surface area (Å²) in [5.41, 5.74) is 0.298. The number of nitrogens with zero attached hydrogens (tertiary/aromatic N) is 2. The van der Waals surface area contributed by atoms with E-state index in [4.69, 9.17) is 47.4 Å². The number of nitro benzene ring substituents is 2. The molecule has 17 nitrogen and oxygen atoms in total. The number of nitro groups is 2. The average molecular weight is 685 g/mol. The number of ether oxygens (including phenoxy) is 10. The molecule has 0 saturated carbocycles. The van der Waals surface area contributed by atoms with E-state index in [0.717, 1.165) is 0 Å². The van der Waals surface area contributed by atoms with Gasteiger partial charge in [-0.15, -0.1) is 0 Å². The van der Waals surface area contributed by atoms with Crippen LogP contribution < -0.4 is 9.47 Å². The van der Waals surface area contributed by atoms with Crippen LogP contribution in [0.5, 0.6) is 11.5 Å². The third-order valence-corrected chi connectivity index (χ3v) is 6.28. The largest absolute Gasteiger partial charge is 0.519 e. The number of hydrogen-bond acceptors (Lipinski definition) is 15. The predicted molar refractivity (Wildman–Crippen MR) is 169 cm³/mol. The monoisotopic (exact) mass is 684 g/mol. The lowest BCUT2D eigenvalue weighted by atomic mass is 10.1. The van der Waals surface area contributed by atoms with Gasteiger partial charge in [-0.2, -0.15) is 0 Å². The van der Waals surface area contributed by atoms with Crippen LogP contribution in [-0.4, -0.2) is 123 Å². The van der Waals surface area contributed by atoms with Crippen LogP contribution in [0, 0.1) is 20.2 Å². The maximum Gasteiger partial charge on any atom is 0.519 e. The van der Waals surface area contributed by atoms with Crippen LogP contribution in [0.25, 0.3) is 0 Å². The molecule has 48 heavy (non-hydrogen) atoms. The van der Waals surface area contributed by atoms with Crippen LogP contribution in [-0.2, 0) is 50.7 Å². The van der Waals surface area contributed by atoms with Crippen molar-refractivity contribution < 1.29 is 62.0 Å². The molecule has 0 bridgehead atoms. The molecule has 17 heteroatoms. The fourth-order valence-electron chi connectivity index (χ4n) is 3.88. The minimum atomic E-state index is -1.13. The summed E-state index contributed by atoms with van der Waals surface area (Å²) in [7, 11) is 3.18. The molecule has 0 fully saturated rings. The van der Waals surface area contributed by atoms with Crippen LogP contribution in [0.2, 0.25) is 0 Å². The van der Waals surface area contributed by atoms with Gasteiger partial charge in [0.15, 0.2) is 0 Å². The van der Waals surface area contributed by atoms with Crippen molar-refractivity contribution in [3.8, 4) is 11.5 Å². The number of benzene rings is 2. The molecule has 0 saturated heterocycles. The molecule has 0 unspecified atom stereocenters. The van der Waals surface area contributed by atoms with E-state index in [2.05, 4.69) is 0 Å². The highest BCUT2D eigenvalue weighted by Crippen LogP contribution is 2.28. The first-order valence-electron chi connectivity index (χ1n) is 15.2. The standard InChI is InChI=1S/C31H44N2O15/c1-39-11-13-43-19-21-45-17-15-41-9-7-25-23-27(32(35)36)3-5-29(25)47-31(34)48-30-6-4-28(33(37)38)24-26(30)8-10-42-16-18-46-22-20-44-14-12-40-2/h3-6,23-24H,7-22H2,1-2H3. The van der Waals surface area contributed by atoms with Gasteiger partial charge in [-0.25, -0.2) is 4.79 Å². The second-order valence-electron chi connectivity index (χ2n) is 9.71. The highest BCUT2D eigenvalue weighted by molar-refractivity contribution is 5.69. The highest BCUT2D eigenvalue weighted by atomic mass is 16.7. The molecule has 0 aliphatic heterocycles. The van der Waals surface area contributed by atoms with Crippen molar-refractivity contribution in [2.75, 3.05) is 107 Å². The number of methoxy groups -OCH3 is 2. The molecule has 0 radical (unpaired) electrons. The summed E-state index contributed by atoms with van der Waals surface area (Å²) in [6, 6.07) is 7.55. The molecule has 0 spiro atoms. The Morgan fingerprint density at radius 2 is 0.833 bits per heavy atom. The molecule has 0 N–H and O–H groups in total. The lowest BCUT2D eigenvalue weighted by Gasteiger charge is -2.13. The minimum Gasteiger partial charge on any atom is -0.394 e. The number of non-ortho nitro benzene ring substituents is 2. The smallest absolute Gasteiger partial charge is 0.394 e. The second-order valence-corrected chi connectivity index (χ2v) is 9.71. The maximum absolute atomic E-state index is 12.8. The average Bonchev–Trinajstić information content (AvgIpc) is 3.07. The van der Waals surface area contributed by atoms with Crippen LogP contribution in [0.15, 0.2) is 36.4 Å². The van der Waals surface area contributed by atoms with Gasteiger partial charge in [-0.3, -0.25) is 20.2 Å². The van der Waals surface area contributed by atoms with Crippen LogP contribution in [0.4, 0.5) is 16.2 Å². The Balaban J connectivity index is 1.88. The molecule has 0 amide bonds. The van der Waals surface area contributed by atoms with Gasteiger partial charge >= 0.3 is 6.16 Å². The molecule has 2 aromatic carbocycles. The Kier molecular flexibility index (Phi) is 21.2. The van der Waals surface area contributed by atoms with Crippen LogP contribution in [0.3, 0.4) is 0 Å². The third kappa shape index (κ3) is 17.4. The van der Waals surface area contributed by atoms with Gasteiger partial charge in [0.1, 0.15) is 11.5 Å². The maximum atomic E-state index is 12.8. The van der Waals surface area contributed by atoms with Crippen molar-refractivity contribution in [2.45, 2.75) is 12.8 Å². The molecule has 2 aromatic rings.